The third-order valence-electron chi connectivity index (χ3n) is 3.94. The van der Waals surface area contributed by atoms with E-state index in [1.807, 2.05) is 0 Å². The van der Waals surface area contributed by atoms with Crippen molar-refractivity contribution < 1.29 is 14.0 Å². The number of likely N-dealkylation sites (N-methyl/N-ethyl adjacent to an activating group) is 1. The van der Waals surface area contributed by atoms with Gasteiger partial charge in [0, 0.05) is 24.8 Å². The van der Waals surface area contributed by atoms with Crippen LogP contribution in [0.15, 0.2) is 42.5 Å². The smallest absolute Gasteiger partial charge is 0.249 e. The molecule has 3 N–H and O–H groups in total. The molecule has 5 nitrogen and oxygen atoms in total. The van der Waals surface area contributed by atoms with Gasteiger partial charge in [-0.3, -0.25) is 9.59 Å². The number of nitrogens with zero attached hydrogens (tertiary/aromatic N) is 1. The van der Waals surface area contributed by atoms with Crippen molar-refractivity contribution in [2.75, 3.05) is 12.4 Å². The highest BCUT2D eigenvalue weighted by Gasteiger charge is 2.18. The number of nitrogens with two attached hydrogens (primary N) is 1. The first-order chi connectivity index (χ1) is 11.8. The lowest BCUT2D eigenvalue weighted by Crippen LogP contribution is -2.38. The molecule has 0 aliphatic carbocycles. The Bertz CT molecular complexity index is 792. The molecule has 0 spiro atoms. The van der Waals surface area contributed by atoms with Crippen molar-refractivity contribution in [3.05, 3.63) is 65.0 Å². The standard InChI is InChI=1S/C19H22FN3O2/c1-12-7-8-16(10-17(12)18(21)24)22-13(2)19(25)23(3)11-14-5-4-6-15(20)9-14/h4-10,13,22H,11H2,1-3H3,(H2,21,24)/t13-/m0/s1. The van der Waals surface area contributed by atoms with Gasteiger partial charge in [0.05, 0.1) is 0 Å². The first-order valence-electron chi connectivity index (χ1n) is 7.94. The van der Waals surface area contributed by atoms with E-state index in [9.17, 15) is 14.0 Å². The number of nitrogens with one attached hydrogen (secondary N) is 1. The van der Waals surface area contributed by atoms with Crippen LogP contribution in [0.1, 0.15) is 28.4 Å². The summed E-state index contributed by atoms with van der Waals surface area (Å²) in [5.41, 5.74) is 7.90. The Kier molecular flexibility index (Phi) is 5.75. The molecule has 1 atom stereocenters. The average molecular weight is 343 g/mol. The van der Waals surface area contributed by atoms with E-state index >= 15 is 0 Å². The molecular weight excluding hydrogens is 321 g/mol. The molecule has 0 aliphatic rings. The summed E-state index contributed by atoms with van der Waals surface area (Å²) in [6.45, 7) is 3.84. The van der Waals surface area contributed by atoms with Crippen LogP contribution in [0.5, 0.6) is 0 Å². The lowest BCUT2D eigenvalue weighted by Gasteiger charge is -2.23. The van der Waals surface area contributed by atoms with Gasteiger partial charge in [-0.1, -0.05) is 18.2 Å². The summed E-state index contributed by atoms with van der Waals surface area (Å²) in [4.78, 5) is 25.4. The number of halogens is 1. The first kappa shape index (κ1) is 18.4. The zero-order valence-electron chi connectivity index (χ0n) is 14.5. The third-order valence-corrected chi connectivity index (χ3v) is 3.94. The summed E-state index contributed by atoms with van der Waals surface area (Å²) in [6.07, 6.45) is 0. The van der Waals surface area contributed by atoms with Crippen LogP contribution in [-0.4, -0.2) is 29.8 Å². The summed E-state index contributed by atoms with van der Waals surface area (Å²) >= 11 is 0. The van der Waals surface area contributed by atoms with E-state index in [2.05, 4.69) is 5.32 Å². The first-order valence-corrected chi connectivity index (χ1v) is 7.94. The topological polar surface area (TPSA) is 75.4 Å². The predicted molar refractivity (Wildman–Crippen MR) is 95.7 cm³/mol. The normalized spacial score (nSPS) is 11.7. The van der Waals surface area contributed by atoms with Gasteiger partial charge in [-0.05, 0) is 49.2 Å². The maximum absolute atomic E-state index is 13.2. The van der Waals surface area contributed by atoms with E-state index in [1.54, 1.807) is 51.2 Å². The second-order valence-corrected chi connectivity index (χ2v) is 6.08. The van der Waals surface area contributed by atoms with Gasteiger partial charge in [0.15, 0.2) is 0 Å². The molecular formula is C19H22FN3O2. The predicted octanol–water partition coefficient (Wildman–Crippen LogP) is 2.69. The molecule has 2 amide bonds. The van der Waals surface area contributed by atoms with Crippen molar-refractivity contribution in [3.63, 3.8) is 0 Å². The summed E-state index contributed by atoms with van der Waals surface area (Å²) in [5.74, 6) is -0.989. The highest BCUT2D eigenvalue weighted by molar-refractivity contribution is 5.95. The Morgan fingerprint density at radius 1 is 1.24 bits per heavy atom. The molecule has 0 saturated carbocycles. The monoisotopic (exact) mass is 343 g/mol. The Labute approximate surface area is 146 Å². The molecule has 0 fully saturated rings. The minimum absolute atomic E-state index is 0.148. The van der Waals surface area contributed by atoms with E-state index in [0.717, 1.165) is 11.1 Å². The number of carbonyl (C=O) groups is 2. The lowest BCUT2D eigenvalue weighted by atomic mass is 10.1. The van der Waals surface area contributed by atoms with Crippen LogP contribution in [0.3, 0.4) is 0 Å². The zero-order chi connectivity index (χ0) is 18.6. The molecule has 0 unspecified atom stereocenters. The quantitative estimate of drug-likeness (QED) is 0.847. The second kappa shape index (κ2) is 7.79. The summed E-state index contributed by atoms with van der Waals surface area (Å²) in [7, 11) is 1.66. The van der Waals surface area contributed by atoms with Crippen molar-refractivity contribution in [1.29, 1.82) is 0 Å². The highest BCUT2D eigenvalue weighted by Crippen LogP contribution is 2.16. The van der Waals surface area contributed by atoms with Crippen molar-refractivity contribution >= 4 is 17.5 Å². The van der Waals surface area contributed by atoms with Gasteiger partial charge in [0.1, 0.15) is 11.9 Å². The number of rotatable bonds is 6. The van der Waals surface area contributed by atoms with Crippen molar-refractivity contribution in [2.24, 2.45) is 5.73 Å². The molecule has 0 bridgehead atoms. The molecule has 2 rings (SSSR count). The molecule has 6 heteroatoms. The van der Waals surface area contributed by atoms with Crippen LogP contribution in [0, 0.1) is 12.7 Å². The Morgan fingerprint density at radius 2 is 1.96 bits per heavy atom. The number of anilines is 1. The van der Waals surface area contributed by atoms with E-state index < -0.39 is 11.9 Å². The number of aryl methyl sites for hydroxylation is 1. The average Bonchev–Trinajstić information content (AvgIpc) is 2.55. The zero-order valence-corrected chi connectivity index (χ0v) is 14.5. The van der Waals surface area contributed by atoms with Crippen LogP contribution < -0.4 is 11.1 Å². The minimum Gasteiger partial charge on any atom is -0.374 e. The number of benzene rings is 2. The fraction of sp³-hybridized carbons (Fsp3) is 0.263. The van der Waals surface area contributed by atoms with Gasteiger partial charge < -0.3 is 16.0 Å². The van der Waals surface area contributed by atoms with Gasteiger partial charge in [-0.2, -0.15) is 0 Å². The second-order valence-electron chi connectivity index (χ2n) is 6.08. The SMILES string of the molecule is Cc1ccc(N[C@@H](C)C(=O)N(C)Cc2cccc(F)c2)cc1C(N)=O. The van der Waals surface area contributed by atoms with Crippen LogP contribution >= 0.6 is 0 Å². The largest absolute Gasteiger partial charge is 0.374 e. The number of amides is 2. The minimum atomic E-state index is -0.512. The van der Waals surface area contributed by atoms with Crippen molar-refractivity contribution in [3.8, 4) is 0 Å². The number of hydrogen-bond donors (Lipinski definition) is 2. The summed E-state index contributed by atoms with van der Waals surface area (Å²) in [6, 6.07) is 10.8. The van der Waals surface area contributed by atoms with Crippen LogP contribution in [0.25, 0.3) is 0 Å². The van der Waals surface area contributed by atoms with Gasteiger partial charge in [0.25, 0.3) is 0 Å². The fourth-order valence-electron chi connectivity index (χ4n) is 2.61. The number of hydrogen-bond acceptors (Lipinski definition) is 3. The van der Waals surface area contributed by atoms with E-state index in [0.29, 0.717) is 17.8 Å². The summed E-state index contributed by atoms with van der Waals surface area (Å²) < 4.78 is 13.2. The Morgan fingerprint density at radius 3 is 2.60 bits per heavy atom. The maximum atomic E-state index is 13.2. The molecule has 25 heavy (non-hydrogen) atoms. The van der Waals surface area contributed by atoms with Crippen molar-refractivity contribution in [1.82, 2.24) is 4.90 Å². The third kappa shape index (κ3) is 4.79. The van der Waals surface area contributed by atoms with E-state index in [4.69, 9.17) is 5.73 Å². The highest BCUT2D eigenvalue weighted by atomic mass is 19.1. The van der Waals surface area contributed by atoms with Gasteiger partial charge in [-0.15, -0.1) is 0 Å². The van der Waals surface area contributed by atoms with Crippen molar-refractivity contribution in [2.45, 2.75) is 26.4 Å². The molecule has 0 saturated heterocycles. The van der Waals surface area contributed by atoms with E-state index in [-0.39, 0.29) is 11.7 Å². The Hall–Kier alpha value is -2.89. The van der Waals surface area contributed by atoms with Gasteiger partial charge >= 0.3 is 0 Å². The molecule has 0 heterocycles. The fourth-order valence-corrected chi connectivity index (χ4v) is 2.61. The van der Waals surface area contributed by atoms with Gasteiger partial charge in [-0.25, -0.2) is 4.39 Å². The molecule has 2 aromatic rings. The molecule has 2 aromatic carbocycles. The molecule has 132 valence electrons. The number of primary amides is 1. The summed E-state index contributed by atoms with van der Waals surface area (Å²) in [5, 5.41) is 3.07. The molecule has 0 aromatic heterocycles. The van der Waals surface area contributed by atoms with Crippen LogP contribution in [0.4, 0.5) is 10.1 Å². The van der Waals surface area contributed by atoms with E-state index in [1.165, 1.54) is 17.0 Å². The maximum Gasteiger partial charge on any atom is 0.249 e. The van der Waals surface area contributed by atoms with Gasteiger partial charge in [0.2, 0.25) is 11.8 Å². The Balaban J connectivity index is 2.04. The van der Waals surface area contributed by atoms with Crippen LogP contribution in [-0.2, 0) is 11.3 Å². The molecule has 0 aliphatic heterocycles. The molecule has 0 radical (unpaired) electrons. The number of carbonyl (C=O) groups excluding carboxylic acids is 2. The van der Waals surface area contributed by atoms with Crippen LogP contribution in [0.2, 0.25) is 0 Å². The lowest BCUT2D eigenvalue weighted by molar-refractivity contribution is -0.130.